The second-order valence-electron chi connectivity index (χ2n) is 32.9. The highest BCUT2D eigenvalue weighted by Gasteiger charge is 2.35. The van der Waals surface area contributed by atoms with Gasteiger partial charge in [0.05, 0.1) is 91.0 Å². The van der Waals surface area contributed by atoms with E-state index in [-0.39, 0.29) is 65.1 Å². The molecule has 0 aliphatic carbocycles. The summed E-state index contributed by atoms with van der Waals surface area (Å²) in [5, 5.41) is 17.8. The number of ether oxygens (including phenoxy) is 4. The maximum atomic E-state index is 13.3. The first-order valence-corrected chi connectivity index (χ1v) is 50.5. The smallest absolute Gasteiger partial charge is 0.277 e. The number of rotatable bonds is 28. The minimum absolute atomic E-state index is 0.147. The van der Waals surface area contributed by atoms with Crippen LogP contribution in [0.5, 0.6) is 23.0 Å². The fourth-order valence-electron chi connectivity index (χ4n) is 16.4. The van der Waals surface area contributed by atoms with Crippen LogP contribution in [0.2, 0.25) is 0 Å². The van der Waals surface area contributed by atoms with E-state index in [2.05, 4.69) is 59.9 Å². The van der Waals surface area contributed by atoms with Crippen molar-refractivity contribution in [1.29, 1.82) is 0 Å². The third-order valence-corrected chi connectivity index (χ3v) is 31.0. The highest BCUT2D eigenvalue weighted by Crippen LogP contribution is 2.38. The fourth-order valence-corrected chi connectivity index (χ4v) is 22.2. The van der Waals surface area contributed by atoms with Gasteiger partial charge in [0.15, 0.2) is 22.1 Å². The lowest BCUT2D eigenvalue weighted by Gasteiger charge is -2.31. The molecule has 4 saturated heterocycles. The SMILES string of the molecule is CCCc1nn(C)c2c(=O)[nH]c(-c3cc(S(=O)(=O)N4CCN(C)CC4)ccc3OCC)nc12.CCCc1nn(C)c2c(=O)[nH]c(-c3cc(S(=O)(=O)N4CCN(C)CC4)ccc3OCC)nc12.CCCc1nn(C)c2c(=O)[nH]c(-c3cc(S(=O)(=O)N4CCN(C)CC4)ccc3OCC)nc12.CCCc1nn(C)c2c(=O)[nH]c(-c3cc(S(=O)(=O)N4CCN(C)CC4)ccc3OCC)nc12. The maximum Gasteiger partial charge on any atom is 0.277 e. The summed E-state index contributed by atoms with van der Waals surface area (Å²) in [7, 11) is -0.0333. The molecule has 0 atom stereocenters. The number of aryl methyl sites for hydroxylation is 8. The highest BCUT2D eigenvalue weighted by molar-refractivity contribution is 7.90. The van der Waals surface area contributed by atoms with Crippen LogP contribution in [0.4, 0.5) is 0 Å². The monoisotopic (exact) mass is 1900 g/mol. The molecule has 0 bridgehead atoms. The van der Waals surface area contributed by atoms with Gasteiger partial charge in [0.2, 0.25) is 40.1 Å². The summed E-state index contributed by atoms with van der Waals surface area (Å²) in [6.07, 6.45) is 6.18. The number of H-pyrrole nitrogens is 4. The van der Waals surface area contributed by atoms with Crippen molar-refractivity contribution in [2.45, 2.75) is 126 Å². The third-order valence-electron chi connectivity index (χ3n) is 23.4. The normalized spacial score (nSPS) is 15.9. The summed E-state index contributed by atoms with van der Waals surface area (Å²) < 4.78 is 142. The van der Waals surface area contributed by atoms with Crippen LogP contribution in [0, 0.1) is 0 Å². The number of aromatic amines is 4. The lowest BCUT2D eigenvalue weighted by Crippen LogP contribution is -2.47. The largest absolute Gasteiger partial charge is 0.493 e. The Morgan fingerprint density at radius 2 is 0.462 bits per heavy atom. The second kappa shape index (κ2) is 42.0. The molecule has 0 spiro atoms. The van der Waals surface area contributed by atoms with Crippen molar-refractivity contribution in [3.63, 3.8) is 0 Å². The van der Waals surface area contributed by atoms with E-state index < -0.39 is 40.1 Å². The Balaban J connectivity index is 0.000000150. The topological polar surface area (TPSA) is 454 Å². The second-order valence-corrected chi connectivity index (χ2v) is 40.7. The molecule has 44 heteroatoms. The fraction of sp³-hybridized carbons (Fsp3) is 0.500. The first-order valence-electron chi connectivity index (χ1n) is 44.7. The third kappa shape index (κ3) is 21.0. The molecule has 4 N–H and O–H groups in total. The molecule has 12 heterocycles. The summed E-state index contributed by atoms with van der Waals surface area (Å²) in [4.78, 5) is 90.6. The lowest BCUT2D eigenvalue weighted by atomic mass is 10.1. The molecule has 8 aromatic heterocycles. The predicted octanol–water partition coefficient (Wildman–Crippen LogP) is 6.44. The summed E-state index contributed by atoms with van der Waals surface area (Å²) in [5.41, 5.74) is 6.98. The van der Waals surface area contributed by atoms with Gasteiger partial charge in [-0.2, -0.15) is 37.6 Å². The van der Waals surface area contributed by atoms with Crippen LogP contribution in [-0.2, 0) is 94.0 Å². The summed E-state index contributed by atoms with van der Waals surface area (Å²) >= 11 is 0. The van der Waals surface area contributed by atoms with Crippen LogP contribution in [0.1, 0.15) is 104 Å². The quantitative estimate of drug-likeness (QED) is 0.0409. The Labute approximate surface area is 767 Å². The van der Waals surface area contributed by atoms with E-state index in [1.165, 1.54) is 35.9 Å². The van der Waals surface area contributed by atoms with E-state index in [0.717, 1.165) is 48.5 Å². The van der Waals surface area contributed by atoms with E-state index in [0.29, 0.717) is 246 Å². The molecular formula is C88H120N24O16S4. The standard InChI is InChI=1S/4C22H30N6O4S/c4*1-5-7-17-19-20(27(4)25-17)22(29)24-21(23-19)16-14-15(8-9-18(16)32-6-2)33(30,31)28-12-10-26(3)11-13-28/h4*8-9,14H,5-7,10-13H2,1-4H3,(H,23,24,29). The molecule has 0 radical (unpaired) electrons. The molecule has 16 rings (SSSR count). The van der Waals surface area contributed by atoms with Crippen LogP contribution < -0.4 is 41.2 Å². The molecule has 0 amide bonds. The number of nitrogens with zero attached hydrogens (tertiary/aromatic N) is 20. The number of aromatic nitrogens is 16. The van der Waals surface area contributed by atoms with Gasteiger partial charge in [-0.1, -0.05) is 53.4 Å². The van der Waals surface area contributed by atoms with Gasteiger partial charge in [0, 0.05) is 133 Å². The van der Waals surface area contributed by atoms with Crippen LogP contribution in [0.25, 0.3) is 89.7 Å². The molecular weight excluding hydrogens is 1780 g/mol. The van der Waals surface area contributed by atoms with Gasteiger partial charge < -0.3 is 58.5 Å². The molecule has 132 heavy (non-hydrogen) atoms. The molecule has 12 aromatic rings. The summed E-state index contributed by atoms with van der Waals surface area (Å²) in [5.74, 6) is 2.87. The average Bonchev–Trinajstić information content (AvgIpc) is 1.40. The molecule has 4 aromatic carbocycles. The van der Waals surface area contributed by atoms with Crippen molar-refractivity contribution < 1.29 is 52.6 Å². The van der Waals surface area contributed by atoms with E-state index in [1.54, 1.807) is 101 Å². The summed E-state index contributed by atoms with van der Waals surface area (Å²) in [6.45, 7) is 25.9. The number of fused-ring (bicyclic) bond motifs is 4. The number of sulfonamides is 4. The van der Waals surface area contributed by atoms with Crippen LogP contribution in [0.3, 0.4) is 0 Å². The van der Waals surface area contributed by atoms with Gasteiger partial charge in [0.25, 0.3) is 22.2 Å². The van der Waals surface area contributed by atoms with Crippen LogP contribution >= 0.6 is 0 Å². The molecule has 4 aliphatic rings. The van der Waals surface area contributed by atoms with Crippen LogP contribution in [0.15, 0.2) is 112 Å². The molecule has 712 valence electrons. The van der Waals surface area contributed by atoms with Gasteiger partial charge in [-0.3, -0.25) is 37.9 Å². The van der Waals surface area contributed by atoms with Crippen molar-refractivity contribution >= 4 is 84.2 Å². The Hall–Kier alpha value is -11.0. The zero-order valence-electron chi connectivity index (χ0n) is 77.8. The number of likely N-dealkylation sites (N-methyl/N-ethyl adjacent to an activating group) is 4. The molecule has 4 aliphatic heterocycles. The Bertz CT molecular complexity index is 6110. The predicted molar refractivity (Wildman–Crippen MR) is 504 cm³/mol. The van der Waals surface area contributed by atoms with Gasteiger partial charge >= 0.3 is 0 Å². The minimum atomic E-state index is -3.70. The van der Waals surface area contributed by atoms with E-state index >= 15 is 0 Å². The van der Waals surface area contributed by atoms with Gasteiger partial charge in [-0.15, -0.1) is 0 Å². The maximum absolute atomic E-state index is 13.3. The van der Waals surface area contributed by atoms with Crippen molar-refractivity contribution in [3.8, 4) is 68.5 Å². The van der Waals surface area contributed by atoms with Crippen molar-refractivity contribution in [3.05, 3.63) is 137 Å². The van der Waals surface area contributed by atoms with Gasteiger partial charge in [-0.25, -0.2) is 53.6 Å². The Kier molecular flexibility index (Phi) is 31.4. The number of hydrogen-bond acceptors (Lipinski definition) is 28. The molecule has 40 nitrogen and oxygen atoms in total. The van der Waals surface area contributed by atoms with Gasteiger partial charge in [-0.05, 0) is 154 Å². The lowest BCUT2D eigenvalue weighted by molar-refractivity contribution is 0.222. The minimum Gasteiger partial charge on any atom is -0.493 e. The number of nitrogens with one attached hydrogen (secondary N) is 4. The molecule has 0 saturated carbocycles. The Morgan fingerprint density at radius 3 is 0.629 bits per heavy atom. The van der Waals surface area contributed by atoms with E-state index in [4.69, 9.17) is 38.9 Å². The molecule has 4 fully saturated rings. The number of benzene rings is 4. The van der Waals surface area contributed by atoms with Crippen molar-refractivity contribution in [2.24, 2.45) is 28.2 Å². The zero-order chi connectivity index (χ0) is 95.0. The first kappa shape index (κ1) is 98.5. The van der Waals surface area contributed by atoms with E-state index in [1.807, 2.05) is 83.6 Å². The van der Waals surface area contributed by atoms with Gasteiger partial charge in [0.1, 0.15) is 68.4 Å². The van der Waals surface area contributed by atoms with Crippen LogP contribution in [-0.4, -0.2) is 309 Å². The first-order chi connectivity index (χ1) is 63.0. The zero-order valence-corrected chi connectivity index (χ0v) is 81.1. The highest BCUT2D eigenvalue weighted by atomic mass is 32.2. The number of piperazine rings is 4. The van der Waals surface area contributed by atoms with Crippen molar-refractivity contribution in [1.82, 2.24) is 116 Å². The molecule has 0 unspecified atom stereocenters. The average molecular weight is 1900 g/mol. The number of hydrogen-bond donors (Lipinski definition) is 4. The Morgan fingerprint density at radius 1 is 0.280 bits per heavy atom. The summed E-state index contributed by atoms with van der Waals surface area (Å²) in [6, 6.07) is 18.9. The van der Waals surface area contributed by atoms with Crippen molar-refractivity contribution in [2.75, 3.05) is 159 Å². The van der Waals surface area contributed by atoms with E-state index in [9.17, 15) is 52.8 Å².